The Kier molecular flexibility index (Phi) is 4.14. The molecule has 0 radical (unpaired) electrons. The van der Waals surface area contributed by atoms with Crippen molar-refractivity contribution in [2.45, 2.75) is 6.42 Å². The molecule has 1 aromatic rings. The lowest BCUT2D eigenvalue weighted by atomic mass is 10.2. The topological polar surface area (TPSA) is 3.24 Å². The molecule has 78 valence electrons. The fraction of sp³-hybridized carbons (Fsp3) is 0.400. The molecule has 0 aromatic heterocycles. The molecule has 14 heavy (non-hydrogen) atoms. The molecule has 0 aliphatic rings. The third-order valence-corrected chi connectivity index (χ3v) is 2.22. The quantitative estimate of drug-likeness (QED) is 0.704. The van der Waals surface area contributed by atoms with E-state index in [1.165, 1.54) is 12.1 Å². The van der Waals surface area contributed by atoms with Gasteiger partial charge in [-0.15, -0.1) is 11.6 Å². The standard InChI is InChI=1S/C10H12ClF2N/c1-14(6-2-5-11)10-4-3-8(12)7-9(10)13/h3-4,7H,2,5-6H2,1H3. The van der Waals surface area contributed by atoms with E-state index in [9.17, 15) is 8.78 Å². The van der Waals surface area contributed by atoms with E-state index >= 15 is 0 Å². The van der Waals surface area contributed by atoms with Gasteiger partial charge in [0.1, 0.15) is 11.6 Å². The highest BCUT2D eigenvalue weighted by Gasteiger charge is 2.07. The van der Waals surface area contributed by atoms with Crippen molar-refractivity contribution in [3.63, 3.8) is 0 Å². The summed E-state index contributed by atoms with van der Waals surface area (Å²) >= 11 is 5.52. The van der Waals surface area contributed by atoms with E-state index in [0.29, 0.717) is 18.1 Å². The number of anilines is 1. The molecule has 0 atom stereocenters. The Morgan fingerprint density at radius 1 is 1.36 bits per heavy atom. The van der Waals surface area contributed by atoms with Crippen molar-refractivity contribution in [2.24, 2.45) is 0 Å². The lowest BCUT2D eigenvalue weighted by Gasteiger charge is -2.19. The lowest BCUT2D eigenvalue weighted by Crippen LogP contribution is -2.20. The molecule has 0 heterocycles. The second-order valence-electron chi connectivity index (χ2n) is 3.06. The van der Waals surface area contributed by atoms with Gasteiger partial charge >= 0.3 is 0 Å². The van der Waals surface area contributed by atoms with Gasteiger partial charge in [-0.25, -0.2) is 8.78 Å². The van der Waals surface area contributed by atoms with E-state index in [1.54, 1.807) is 11.9 Å². The summed E-state index contributed by atoms with van der Waals surface area (Å²) in [5.74, 6) is -0.563. The first-order chi connectivity index (χ1) is 6.65. The number of hydrogen-bond donors (Lipinski definition) is 0. The van der Waals surface area contributed by atoms with E-state index in [1.807, 2.05) is 0 Å². The molecule has 0 unspecified atom stereocenters. The number of halogens is 3. The zero-order chi connectivity index (χ0) is 10.6. The van der Waals surface area contributed by atoms with Crippen LogP contribution in [0.1, 0.15) is 6.42 Å². The molecular formula is C10H12ClF2N. The highest BCUT2D eigenvalue weighted by molar-refractivity contribution is 6.17. The minimum Gasteiger partial charge on any atom is -0.372 e. The fourth-order valence-electron chi connectivity index (χ4n) is 1.21. The first-order valence-electron chi connectivity index (χ1n) is 4.37. The van der Waals surface area contributed by atoms with Gasteiger partial charge in [0, 0.05) is 25.5 Å². The van der Waals surface area contributed by atoms with Gasteiger partial charge in [0.25, 0.3) is 0 Å². The van der Waals surface area contributed by atoms with Gasteiger partial charge in [-0.1, -0.05) is 0 Å². The van der Waals surface area contributed by atoms with Gasteiger partial charge in [-0.2, -0.15) is 0 Å². The van der Waals surface area contributed by atoms with Gasteiger partial charge in [0.2, 0.25) is 0 Å². The second-order valence-corrected chi connectivity index (χ2v) is 3.44. The zero-order valence-electron chi connectivity index (χ0n) is 7.93. The molecule has 1 rings (SSSR count). The first kappa shape index (κ1) is 11.2. The van der Waals surface area contributed by atoms with Gasteiger partial charge in [-0.3, -0.25) is 0 Å². The molecule has 0 bridgehead atoms. The fourth-order valence-corrected chi connectivity index (χ4v) is 1.33. The highest BCUT2D eigenvalue weighted by Crippen LogP contribution is 2.18. The van der Waals surface area contributed by atoms with E-state index in [-0.39, 0.29) is 0 Å². The summed E-state index contributed by atoms with van der Waals surface area (Å²) in [6.07, 6.45) is 0.773. The average molecular weight is 220 g/mol. The summed E-state index contributed by atoms with van der Waals surface area (Å²) in [6.45, 7) is 0.659. The molecule has 0 aliphatic heterocycles. The van der Waals surface area contributed by atoms with Gasteiger partial charge < -0.3 is 4.90 Å². The Hall–Kier alpha value is -0.830. The largest absolute Gasteiger partial charge is 0.372 e. The van der Waals surface area contributed by atoms with E-state index in [2.05, 4.69) is 0 Å². The van der Waals surface area contributed by atoms with Gasteiger partial charge in [0.15, 0.2) is 0 Å². The maximum Gasteiger partial charge on any atom is 0.149 e. The summed E-state index contributed by atoms with van der Waals surface area (Å²) in [5, 5.41) is 0. The van der Waals surface area contributed by atoms with Crippen molar-refractivity contribution in [3.05, 3.63) is 29.8 Å². The maximum atomic E-state index is 13.2. The Labute approximate surface area is 87.3 Å². The molecule has 1 aromatic carbocycles. The summed E-state index contributed by atoms with van der Waals surface area (Å²) in [5.41, 5.74) is 0.400. The summed E-state index contributed by atoms with van der Waals surface area (Å²) in [6, 6.07) is 3.56. The number of hydrogen-bond acceptors (Lipinski definition) is 1. The molecule has 0 aliphatic carbocycles. The van der Waals surface area contributed by atoms with Crippen LogP contribution in [0.15, 0.2) is 18.2 Å². The minimum absolute atomic E-state index is 0.400. The molecule has 4 heteroatoms. The smallest absolute Gasteiger partial charge is 0.149 e. The number of nitrogens with zero attached hydrogens (tertiary/aromatic N) is 1. The van der Waals surface area contributed by atoms with Crippen molar-refractivity contribution in [1.82, 2.24) is 0 Å². The van der Waals surface area contributed by atoms with Crippen molar-refractivity contribution < 1.29 is 8.78 Å². The maximum absolute atomic E-state index is 13.2. The van der Waals surface area contributed by atoms with E-state index < -0.39 is 11.6 Å². The van der Waals surface area contributed by atoms with Crippen LogP contribution in [0.3, 0.4) is 0 Å². The molecule has 0 spiro atoms. The Bertz CT molecular complexity index is 304. The van der Waals surface area contributed by atoms with Gasteiger partial charge in [0.05, 0.1) is 5.69 Å². The highest BCUT2D eigenvalue weighted by atomic mass is 35.5. The summed E-state index contributed by atoms with van der Waals surface area (Å²) in [7, 11) is 1.75. The van der Waals surface area contributed by atoms with E-state index in [0.717, 1.165) is 12.5 Å². The average Bonchev–Trinajstić information content (AvgIpc) is 2.14. The SMILES string of the molecule is CN(CCCCl)c1ccc(F)cc1F. The van der Waals surface area contributed by atoms with Crippen LogP contribution in [0.25, 0.3) is 0 Å². The zero-order valence-corrected chi connectivity index (χ0v) is 8.69. The molecule has 0 saturated carbocycles. The Morgan fingerprint density at radius 3 is 2.64 bits per heavy atom. The number of alkyl halides is 1. The molecular weight excluding hydrogens is 208 g/mol. The van der Waals surface area contributed by atoms with Crippen LogP contribution in [0.4, 0.5) is 14.5 Å². The van der Waals surface area contributed by atoms with Crippen molar-refractivity contribution in [1.29, 1.82) is 0 Å². The van der Waals surface area contributed by atoms with Crippen LogP contribution in [0.5, 0.6) is 0 Å². The van der Waals surface area contributed by atoms with Gasteiger partial charge in [-0.05, 0) is 18.6 Å². The van der Waals surface area contributed by atoms with Crippen LogP contribution in [0, 0.1) is 11.6 Å². The molecule has 0 N–H and O–H groups in total. The van der Waals surface area contributed by atoms with Crippen LogP contribution >= 0.6 is 11.6 Å². The molecule has 1 nitrogen and oxygen atoms in total. The first-order valence-corrected chi connectivity index (χ1v) is 4.90. The van der Waals surface area contributed by atoms with Crippen molar-refractivity contribution in [2.75, 3.05) is 24.4 Å². The van der Waals surface area contributed by atoms with Crippen LogP contribution < -0.4 is 4.90 Å². The van der Waals surface area contributed by atoms with Crippen molar-refractivity contribution in [3.8, 4) is 0 Å². The van der Waals surface area contributed by atoms with Crippen LogP contribution in [-0.4, -0.2) is 19.5 Å². The Balaban J connectivity index is 2.74. The monoisotopic (exact) mass is 219 g/mol. The third-order valence-electron chi connectivity index (χ3n) is 1.95. The second kappa shape index (κ2) is 5.15. The summed E-state index contributed by atoms with van der Waals surface area (Å²) < 4.78 is 25.8. The number of benzene rings is 1. The normalized spacial score (nSPS) is 10.3. The molecule has 0 amide bonds. The van der Waals surface area contributed by atoms with Crippen LogP contribution in [0.2, 0.25) is 0 Å². The predicted molar refractivity (Wildman–Crippen MR) is 55.0 cm³/mol. The predicted octanol–water partition coefficient (Wildman–Crippen LogP) is 3.03. The molecule has 0 saturated heterocycles. The number of rotatable bonds is 4. The molecule has 0 fully saturated rings. The summed E-state index contributed by atoms with van der Waals surface area (Å²) in [4.78, 5) is 1.72. The third kappa shape index (κ3) is 2.84. The van der Waals surface area contributed by atoms with Crippen LogP contribution in [-0.2, 0) is 0 Å². The minimum atomic E-state index is -0.558. The van der Waals surface area contributed by atoms with Crippen molar-refractivity contribution >= 4 is 17.3 Å². The van der Waals surface area contributed by atoms with E-state index in [4.69, 9.17) is 11.6 Å². The lowest BCUT2D eigenvalue weighted by molar-refractivity contribution is 0.580. The Morgan fingerprint density at radius 2 is 2.07 bits per heavy atom.